The number of nitrogens with zero attached hydrogens (tertiary/aromatic N) is 1. The third kappa shape index (κ3) is 9.69. The highest BCUT2D eigenvalue weighted by molar-refractivity contribution is 5.99. The number of unbranched alkanes of at least 4 members (excludes halogenated alkanes) is 2. The fraction of sp³-hybridized carbons (Fsp3) is 0.531. The van der Waals surface area contributed by atoms with E-state index in [9.17, 15) is 19.5 Å². The molecule has 2 aromatic carbocycles. The van der Waals surface area contributed by atoms with Crippen molar-refractivity contribution in [2.45, 2.75) is 91.8 Å². The molecule has 3 atom stereocenters. The van der Waals surface area contributed by atoms with Gasteiger partial charge in [0.15, 0.2) is 0 Å². The van der Waals surface area contributed by atoms with Crippen LogP contribution < -0.4 is 15.4 Å². The Morgan fingerprint density at radius 1 is 1.02 bits per heavy atom. The number of carbonyl (C=O) groups is 3. The summed E-state index contributed by atoms with van der Waals surface area (Å²) < 4.78 is 10.7. The van der Waals surface area contributed by atoms with Crippen molar-refractivity contribution in [2.24, 2.45) is 5.92 Å². The molecule has 0 aliphatic heterocycles. The minimum atomic E-state index is -1.16. The van der Waals surface area contributed by atoms with Gasteiger partial charge in [0, 0.05) is 17.8 Å². The van der Waals surface area contributed by atoms with Crippen molar-refractivity contribution in [3.05, 3.63) is 53.6 Å². The minimum Gasteiger partial charge on any atom is -0.507 e. The summed E-state index contributed by atoms with van der Waals surface area (Å²) in [6, 6.07) is 9.90. The van der Waals surface area contributed by atoms with E-state index in [2.05, 4.69) is 17.6 Å². The first-order valence-electron chi connectivity index (χ1n) is 14.4. The predicted molar refractivity (Wildman–Crippen MR) is 161 cm³/mol. The number of aryl methyl sites for hydroxylation is 1. The van der Waals surface area contributed by atoms with Gasteiger partial charge in [-0.05, 0) is 69.9 Å². The van der Waals surface area contributed by atoms with Gasteiger partial charge in [-0.1, -0.05) is 58.2 Å². The van der Waals surface area contributed by atoms with Crippen LogP contribution in [-0.4, -0.2) is 53.2 Å². The monoisotopic (exact) mass is 569 g/mol. The number of methoxy groups -OCH3 is 1. The van der Waals surface area contributed by atoms with Gasteiger partial charge in [-0.2, -0.15) is 0 Å². The van der Waals surface area contributed by atoms with Crippen LogP contribution in [0.3, 0.4) is 0 Å². The van der Waals surface area contributed by atoms with E-state index >= 15 is 0 Å². The van der Waals surface area contributed by atoms with Crippen molar-refractivity contribution in [3.8, 4) is 11.5 Å². The number of hydrogen-bond acceptors (Lipinski definition) is 6. The number of ether oxygens (including phenoxy) is 2. The Labute approximate surface area is 244 Å². The molecule has 3 unspecified atom stereocenters. The fourth-order valence-electron chi connectivity index (χ4n) is 4.43. The van der Waals surface area contributed by atoms with E-state index < -0.39 is 35.6 Å². The van der Waals surface area contributed by atoms with Crippen molar-refractivity contribution in [2.75, 3.05) is 19.0 Å². The Balaban J connectivity index is 2.60. The lowest BCUT2D eigenvalue weighted by molar-refractivity contribution is -0.142. The van der Waals surface area contributed by atoms with Crippen molar-refractivity contribution < 1.29 is 29.0 Å². The molecule has 2 rings (SSSR count). The number of benzene rings is 2. The van der Waals surface area contributed by atoms with Crippen molar-refractivity contribution in [1.82, 2.24) is 10.2 Å². The van der Waals surface area contributed by atoms with Gasteiger partial charge in [0.1, 0.15) is 29.2 Å². The van der Waals surface area contributed by atoms with Crippen LogP contribution in [0.25, 0.3) is 0 Å². The van der Waals surface area contributed by atoms with Crippen LogP contribution in [0.1, 0.15) is 84.4 Å². The van der Waals surface area contributed by atoms with E-state index in [-0.39, 0.29) is 18.2 Å². The molecule has 0 radical (unpaired) electrons. The molecule has 2 aromatic rings. The number of para-hydroxylation sites is 1. The van der Waals surface area contributed by atoms with E-state index in [1.54, 1.807) is 77.3 Å². The number of hydrogen-bond donors (Lipinski definition) is 3. The normalized spacial score (nSPS) is 13.5. The van der Waals surface area contributed by atoms with Crippen LogP contribution in [0.5, 0.6) is 11.5 Å². The molecule has 3 amide bonds. The molecule has 3 N–H and O–H groups in total. The third-order valence-corrected chi connectivity index (χ3v) is 6.92. The maximum atomic E-state index is 14.4. The smallest absolute Gasteiger partial charge is 0.408 e. The van der Waals surface area contributed by atoms with Crippen LogP contribution in [0.4, 0.5) is 10.5 Å². The average Bonchev–Trinajstić information content (AvgIpc) is 2.92. The summed E-state index contributed by atoms with van der Waals surface area (Å²) in [5.74, 6) is -0.578. The fourth-order valence-corrected chi connectivity index (χ4v) is 4.43. The van der Waals surface area contributed by atoms with Gasteiger partial charge in [0.05, 0.1) is 7.11 Å². The topological polar surface area (TPSA) is 117 Å². The quantitative estimate of drug-likeness (QED) is 0.242. The number of phenolic OH excluding ortho intramolecular Hbond substituents is 1. The van der Waals surface area contributed by atoms with Crippen LogP contribution in [0, 0.1) is 12.8 Å². The summed E-state index contributed by atoms with van der Waals surface area (Å²) in [7, 11) is 1.56. The number of amides is 3. The largest absolute Gasteiger partial charge is 0.507 e. The summed E-state index contributed by atoms with van der Waals surface area (Å²) >= 11 is 0. The Bertz CT molecular complexity index is 1160. The zero-order chi connectivity index (χ0) is 30.7. The number of anilines is 1. The Morgan fingerprint density at radius 3 is 2.24 bits per heavy atom. The lowest BCUT2D eigenvalue weighted by Gasteiger charge is -2.36. The highest BCUT2D eigenvalue weighted by Crippen LogP contribution is 2.34. The Kier molecular flexibility index (Phi) is 12.5. The van der Waals surface area contributed by atoms with Crippen molar-refractivity contribution in [3.63, 3.8) is 0 Å². The highest BCUT2D eigenvalue weighted by Gasteiger charge is 2.39. The van der Waals surface area contributed by atoms with Gasteiger partial charge in [0.25, 0.3) is 5.91 Å². The second-order valence-corrected chi connectivity index (χ2v) is 11.4. The first-order valence-corrected chi connectivity index (χ1v) is 14.4. The van der Waals surface area contributed by atoms with Gasteiger partial charge >= 0.3 is 6.09 Å². The van der Waals surface area contributed by atoms with E-state index in [0.29, 0.717) is 35.4 Å². The number of alkyl carbamates (subject to hydrolysis) is 1. The first kappa shape index (κ1) is 33.5. The zero-order valence-corrected chi connectivity index (χ0v) is 25.7. The molecular weight excluding hydrogens is 522 g/mol. The van der Waals surface area contributed by atoms with Crippen LogP contribution in [0.15, 0.2) is 42.5 Å². The number of rotatable bonds is 13. The molecule has 0 aliphatic carbocycles. The SMILES string of the molecule is CCCCCN(C(=O)C(NC(=O)OC(C)(C)C)C(C)CC)C(C(=O)Nc1ccc(OC)cc1)c1cccc(C)c1O. The Hall–Kier alpha value is -3.75. The van der Waals surface area contributed by atoms with E-state index in [4.69, 9.17) is 9.47 Å². The predicted octanol–water partition coefficient (Wildman–Crippen LogP) is 6.35. The molecule has 0 aliphatic rings. The molecular formula is C32H47N3O6. The lowest BCUT2D eigenvalue weighted by atomic mass is 9.94. The molecule has 9 nitrogen and oxygen atoms in total. The van der Waals surface area contributed by atoms with Crippen LogP contribution >= 0.6 is 0 Å². The first-order chi connectivity index (χ1) is 19.3. The molecule has 9 heteroatoms. The molecule has 0 aromatic heterocycles. The zero-order valence-electron chi connectivity index (χ0n) is 25.7. The molecule has 41 heavy (non-hydrogen) atoms. The van der Waals surface area contributed by atoms with Crippen LogP contribution in [-0.2, 0) is 14.3 Å². The number of phenols is 1. The maximum Gasteiger partial charge on any atom is 0.408 e. The molecule has 226 valence electrons. The standard InChI is InChI=1S/C32H47N3O6/c1-9-11-12-20-35(30(38)26(21(3)10-2)34-31(39)41-32(5,6)7)27(25-15-13-14-22(4)28(25)36)29(37)33-23-16-18-24(40-8)19-17-23/h13-19,21,26-27,36H,9-12,20H2,1-8H3,(H,33,37)(H,34,39). The number of carbonyl (C=O) groups excluding carboxylic acids is 3. The second kappa shape index (κ2) is 15.3. The van der Waals surface area contributed by atoms with E-state index in [1.807, 2.05) is 13.8 Å². The maximum absolute atomic E-state index is 14.4. The van der Waals surface area contributed by atoms with Crippen molar-refractivity contribution >= 4 is 23.6 Å². The average molecular weight is 570 g/mol. The molecule has 0 saturated heterocycles. The lowest BCUT2D eigenvalue weighted by Crippen LogP contribution is -2.55. The van der Waals surface area contributed by atoms with Gasteiger partial charge < -0.3 is 30.1 Å². The Morgan fingerprint density at radius 2 is 1.68 bits per heavy atom. The second-order valence-electron chi connectivity index (χ2n) is 11.4. The van der Waals surface area contributed by atoms with Gasteiger partial charge in [-0.3, -0.25) is 9.59 Å². The highest BCUT2D eigenvalue weighted by atomic mass is 16.6. The van der Waals surface area contributed by atoms with Gasteiger partial charge in [0.2, 0.25) is 5.91 Å². The molecule has 0 fully saturated rings. The molecule has 0 bridgehead atoms. The summed E-state index contributed by atoms with van der Waals surface area (Å²) in [4.78, 5) is 42.7. The summed E-state index contributed by atoms with van der Waals surface area (Å²) in [5, 5.41) is 16.8. The molecule has 0 saturated carbocycles. The van der Waals surface area contributed by atoms with Crippen molar-refractivity contribution in [1.29, 1.82) is 0 Å². The molecule has 0 heterocycles. The van der Waals surface area contributed by atoms with E-state index in [1.165, 1.54) is 4.90 Å². The van der Waals surface area contributed by atoms with Gasteiger partial charge in [-0.15, -0.1) is 0 Å². The van der Waals surface area contributed by atoms with Crippen LogP contribution in [0.2, 0.25) is 0 Å². The minimum absolute atomic E-state index is 0.0594. The summed E-state index contributed by atoms with van der Waals surface area (Å²) in [6.07, 6.45) is 2.28. The summed E-state index contributed by atoms with van der Waals surface area (Å²) in [5.41, 5.74) is 0.651. The van der Waals surface area contributed by atoms with Gasteiger partial charge in [-0.25, -0.2) is 4.79 Å². The summed E-state index contributed by atoms with van der Waals surface area (Å²) in [6.45, 7) is 13.1. The third-order valence-electron chi connectivity index (χ3n) is 6.92. The number of aromatic hydroxyl groups is 1. The van der Waals surface area contributed by atoms with E-state index in [0.717, 1.165) is 12.8 Å². The molecule has 0 spiro atoms. The number of nitrogens with one attached hydrogen (secondary N) is 2.